The Morgan fingerprint density at radius 2 is 1.26 bits per heavy atom. The molecule has 0 atom stereocenters. The van der Waals surface area contributed by atoms with Crippen LogP contribution in [-0.4, -0.2) is 11.9 Å². The van der Waals surface area contributed by atoms with E-state index >= 15 is 0 Å². The van der Waals surface area contributed by atoms with E-state index in [1.807, 2.05) is 6.21 Å². The molecule has 0 amide bonds. The second kappa shape index (κ2) is 17.7. The van der Waals surface area contributed by atoms with Gasteiger partial charge < -0.3 is 0 Å². The molecule has 0 aliphatic heterocycles. The van der Waals surface area contributed by atoms with Crippen LogP contribution in [-0.2, 0) is 12.8 Å². The standard InChI is InChI=1S/C32H44N2/c1-4-7-10-13-20-28-22-16-18-25-31(28)33-27-30(24-15-12-9-6-3)34-32-26-19-17-23-29(32)21-14-11-8-5-2/h7-8,10-11,16-19,22-23,25-27H,4-6,9,12-15,20-21,24H2,1-3H3/b10-7+,11-8+,33-27?,34-30?. The van der Waals surface area contributed by atoms with Crippen LogP contribution in [0, 0.1) is 0 Å². The molecule has 0 aromatic heterocycles. The number of allylic oxidation sites excluding steroid dienone is 4. The lowest BCUT2D eigenvalue weighted by molar-refractivity contribution is 0.684. The monoisotopic (exact) mass is 456 g/mol. The summed E-state index contributed by atoms with van der Waals surface area (Å²) in [6, 6.07) is 17.1. The van der Waals surface area contributed by atoms with Gasteiger partial charge in [0.2, 0.25) is 0 Å². The van der Waals surface area contributed by atoms with Crippen LogP contribution in [0.25, 0.3) is 0 Å². The lowest BCUT2D eigenvalue weighted by atomic mass is 10.1. The fourth-order valence-electron chi connectivity index (χ4n) is 3.91. The lowest BCUT2D eigenvalue weighted by Crippen LogP contribution is -2.01. The molecule has 0 saturated heterocycles. The highest BCUT2D eigenvalue weighted by atomic mass is 14.8. The Hall–Kier alpha value is -2.74. The minimum Gasteiger partial charge on any atom is -0.255 e. The molecular formula is C32H44N2. The zero-order valence-electron chi connectivity index (χ0n) is 21.7. The van der Waals surface area contributed by atoms with Crippen molar-refractivity contribution < 1.29 is 0 Å². The first-order valence-corrected chi connectivity index (χ1v) is 13.4. The molecule has 0 aliphatic carbocycles. The highest BCUT2D eigenvalue weighted by molar-refractivity contribution is 6.31. The highest BCUT2D eigenvalue weighted by Crippen LogP contribution is 2.23. The first-order chi connectivity index (χ1) is 16.8. The van der Waals surface area contributed by atoms with Crippen LogP contribution in [0.2, 0.25) is 0 Å². The summed E-state index contributed by atoms with van der Waals surface area (Å²) >= 11 is 0. The summed E-state index contributed by atoms with van der Waals surface area (Å²) < 4.78 is 0. The number of aryl methyl sites for hydroxylation is 2. The molecule has 0 fully saturated rings. The number of hydrogen-bond acceptors (Lipinski definition) is 2. The smallest absolute Gasteiger partial charge is 0.0665 e. The van der Waals surface area contributed by atoms with Crippen LogP contribution in [0.1, 0.15) is 89.7 Å². The molecular weight excluding hydrogens is 412 g/mol. The molecule has 2 nitrogen and oxygen atoms in total. The van der Waals surface area contributed by atoms with Crippen molar-refractivity contribution in [3.8, 4) is 0 Å². The maximum Gasteiger partial charge on any atom is 0.0665 e. The fourth-order valence-corrected chi connectivity index (χ4v) is 3.91. The van der Waals surface area contributed by atoms with Crippen LogP contribution in [0.15, 0.2) is 82.8 Å². The van der Waals surface area contributed by atoms with Gasteiger partial charge in [-0.05, 0) is 74.6 Å². The zero-order chi connectivity index (χ0) is 24.3. The molecule has 0 saturated carbocycles. The molecule has 2 rings (SSSR count). The number of para-hydroxylation sites is 2. The number of aliphatic imine (C=N–C) groups is 2. The van der Waals surface area contributed by atoms with Gasteiger partial charge in [0, 0.05) is 6.21 Å². The Labute approximate surface area is 208 Å². The molecule has 0 unspecified atom stereocenters. The fraction of sp³-hybridized carbons (Fsp3) is 0.438. The van der Waals surface area contributed by atoms with Crippen LogP contribution in [0.5, 0.6) is 0 Å². The molecule has 34 heavy (non-hydrogen) atoms. The molecule has 0 aliphatic rings. The Bertz CT molecular complexity index is 934. The van der Waals surface area contributed by atoms with E-state index in [1.165, 1.54) is 30.4 Å². The van der Waals surface area contributed by atoms with Crippen molar-refractivity contribution in [2.24, 2.45) is 9.98 Å². The summed E-state index contributed by atoms with van der Waals surface area (Å²) in [4.78, 5) is 10.0. The van der Waals surface area contributed by atoms with Crippen molar-refractivity contribution in [1.29, 1.82) is 0 Å². The third-order valence-electron chi connectivity index (χ3n) is 5.85. The van der Waals surface area contributed by atoms with Crippen LogP contribution in [0.4, 0.5) is 11.4 Å². The minimum atomic E-state index is 0.967. The van der Waals surface area contributed by atoms with E-state index in [9.17, 15) is 0 Å². The summed E-state index contributed by atoms with van der Waals surface area (Å²) in [6.07, 6.45) is 23.3. The van der Waals surface area contributed by atoms with Crippen molar-refractivity contribution >= 4 is 23.3 Å². The molecule has 182 valence electrons. The summed E-state index contributed by atoms with van der Waals surface area (Å²) in [6.45, 7) is 6.61. The lowest BCUT2D eigenvalue weighted by Gasteiger charge is -2.08. The SMILES string of the molecule is CC/C=C/CCc1ccccc1N=CC(CCCCCC)=Nc1ccccc1CC/C=C/CC. The van der Waals surface area contributed by atoms with Crippen LogP contribution < -0.4 is 0 Å². The molecule has 0 bridgehead atoms. The number of hydrogen-bond donors (Lipinski definition) is 0. The summed E-state index contributed by atoms with van der Waals surface area (Å²) in [5.41, 5.74) is 5.83. The van der Waals surface area contributed by atoms with E-state index in [0.717, 1.165) is 68.5 Å². The maximum absolute atomic E-state index is 5.12. The predicted molar refractivity (Wildman–Crippen MR) is 152 cm³/mol. The van der Waals surface area contributed by atoms with Crippen molar-refractivity contribution in [3.05, 3.63) is 84.0 Å². The largest absolute Gasteiger partial charge is 0.255 e. The number of nitrogens with zero attached hydrogens (tertiary/aromatic N) is 2. The van der Waals surface area contributed by atoms with E-state index in [-0.39, 0.29) is 0 Å². The summed E-state index contributed by atoms with van der Waals surface area (Å²) in [5, 5.41) is 0. The second-order valence-corrected chi connectivity index (χ2v) is 8.77. The molecule has 2 heteroatoms. The molecule has 0 radical (unpaired) electrons. The third-order valence-corrected chi connectivity index (χ3v) is 5.85. The van der Waals surface area contributed by atoms with E-state index in [4.69, 9.17) is 9.98 Å². The molecule has 0 heterocycles. The van der Waals surface area contributed by atoms with E-state index < -0.39 is 0 Å². The zero-order valence-corrected chi connectivity index (χ0v) is 21.7. The van der Waals surface area contributed by atoms with E-state index in [2.05, 4.69) is 93.6 Å². The second-order valence-electron chi connectivity index (χ2n) is 8.77. The van der Waals surface area contributed by atoms with Crippen molar-refractivity contribution in [1.82, 2.24) is 0 Å². The van der Waals surface area contributed by atoms with Crippen LogP contribution in [0.3, 0.4) is 0 Å². The van der Waals surface area contributed by atoms with Gasteiger partial charge in [-0.25, -0.2) is 0 Å². The Balaban J connectivity index is 2.24. The van der Waals surface area contributed by atoms with Gasteiger partial charge in [0.05, 0.1) is 17.1 Å². The van der Waals surface area contributed by atoms with Gasteiger partial charge in [-0.2, -0.15) is 0 Å². The van der Waals surface area contributed by atoms with Gasteiger partial charge in [-0.15, -0.1) is 0 Å². The Morgan fingerprint density at radius 3 is 1.88 bits per heavy atom. The quantitative estimate of drug-likeness (QED) is 0.136. The first kappa shape index (κ1) is 27.5. The number of unbranched alkanes of at least 4 members (excludes halogenated alkanes) is 3. The molecule has 2 aromatic rings. The van der Waals surface area contributed by atoms with Gasteiger partial charge in [0.1, 0.15) is 0 Å². The topological polar surface area (TPSA) is 24.7 Å². The number of rotatable bonds is 16. The summed E-state index contributed by atoms with van der Waals surface area (Å²) in [5.74, 6) is 0. The van der Waals surface area contributed by atoms with Crippen molar-refractivity contribution in [3.63, 3.8) is 0 Å². The average Bonchev–Trinajstić information content (AvgIpc) is 2.87. The first-order valence-electron chi connectivity index (χ1n) is 13.4. The predicted octanol–water partition coefficient (Wildman–Crippen LogP) is 9.93. The third kappa shape index (κ3) is 10.9. The Morgan fingerprint density at radius 1 is 0.676 bits per heavy atom. The molecule has 0 N–H and O–H groups in total. The highest BCUT2D eigenvalue weighted by Gasteiger charge is 2.04. The molecule has 2 aromatic carbocycles. The maximum atomic E-state index is 5.12. The molecule has 0 spiro atoms. The van der Waals surface area contributed by atoms with Gasteiger partial charge in [-0.1, -0.05) is 101 Å². The van der Waals surface area contributed by atoms with Crippen molar-refractivity contribution in [2.45, 2.75) is 91.4 Å². The minimum absolute atomic E-state index is 0.967. The van der Waals surface area contributed by atoms with E-state index in [0.29, 0.717) is 0 Å². The van der Waals surface area contributed by atoms with Gasteiger partial charge >= 0.3 is 0 Å². The normalized spacial score (nSPS) is 12.5. The summed E-state index contributed by atoms with van der Waals surface area (Å²) in [7, 11) is 0. The Kier molecular flexibility index (Phi) is 14.3. The number of benzene rings is 2. The van der Waals surface area contributed by atoms with E-state index in [1.54, 1.807) is 0 Å². The van der Waals surface area contributed by atoms with Gasteiger partial charge in [0.25, 0.3) is 0 Å². The average molecular weight is 457 g/mol. The van der Waals surface area contributed by atoms with Crippen molar-refractivity contribution in [2.75, 3.05) is 0 Å². The van der Waals surface area contributed by atoms with Crippen LogP contribution >= 0.6 is 0 Å². The van der Waals surface area contributed by atoms with Gasteiger partial charge in [0.15, 0.2) is 0 Å². The van der Waals surface area contributed by atoms with Gasteiger partial charge in [-0.3, -0.25) is 9.98 Å².